The summed E-state index contributed by atoms with van der Waals surface area (Å²) < 4.78 is 28.4. The third kappa shape index (κ3) is 2.97. The van der Waals surface area contributed by atoms with Gasteiger partial charge in [-0.05, 0) is 31.0 Å². The first-order valence-corrected chi connectivity index (χ1v) is 7.64. The second-order valence-corrected chi connectivity index (χ2v) is 6.10. The average Bonchev–Trinajstić information content (AvgIpc) is 2.80. The number of aromatic nitrogens is 3. The maximum atomic E-state index is 12.2. The van der Waals surface area contributed by atoms with Gasteiger partial charge in [0.25, 0.3) is 0 Å². The first kappa shape index (κ1) is 14.5. The zero-order valence-corrected chi connectivity index (χ0v) is 12.2. The average molecular weight is 295 g/mol. The molecule has 3 N–H and O–H groups in total. The fourth-order valence-corrected chi connectivity index (χ4v) is 2.82. The number of hydrogen-bond acceptors (Lipinski definition) is 5. The Morgan fingerprint density at radius 2 is 2.20 bits per heavy atom. The van der Waals surface area contributed by atoms with Gasteiger partial charge in [-0.15, -0.1) is 0 Å². The van der Waals surface area contributed by atoms with Crippen molar-refractivity contribution in [2.75, 3.05) is 5.73 Å². The SMILES string of the molecule is CCn1cc(S(=O)(=O)NCc2ccncc2C)c(N)n1. The lowest BCUT2D eigenvalue weighted by atomic mass is 10.2. The highest BCUT2D eigenvalue weighted by molar-refractivity contribution is 7.89. The molecule has 0 atom stereocenters. The smallest absolute Gasteiger partial charge is 0.246 e. The molecule has 0 aliphatic rings. The van der Waals surface area contributed by atoms with Crippen LogP contribution in [-0.2, 0) is 23.1 Å². The van der Waals surface area contributed by atoms with Crippen LogP contribution in [0.25, 0.3) is 0 Å². The monoisotopic (exact) mass is 295 g/mol. The Labute approximate surface area is 117 Å². The topological polar surface area (TPSA) is 103 Å². The van der Waals surface area contributed by atoms with Crippen molar-refractivity contribution in [1.82, 2.24) is 19.5 Å². The molecule has 8 heteroatoms. The fourth-order valence-electron chi connectivity index (χ4n) is 1.74. The van der Waals surface area contributed by atoms with Crippen molar-refractivity contribution in [2.24, 2.45) is 0 Å². The predicted molar refractivity (Wildman–Crippen MR) is 75.3 cm³/mol. The molecule has 7 nitrogen and oxygen atoms in total. The number of nitrogens with two attached hydrogens (primary N) is 1. The summed E-state index contributed by atoms with van der Waals surface area (Å²) in [5, 5.41) is 3.93. The van der Waals surface area contributed by atoms with Crippen molar-refractivity contribution in [3.63, 3.8) is 0 Å². The minimum Gasteiger partial charge on any atom is -0.381 e. The predicted octanol–water partition coefficient (Wildman–Crippen LogP) is 0.667. The summed E-state index contributed by atoms with van der Waals surface area (Å²) in [6, 6.07) is 1.77. The molecule has 0 unspecified atom stereocenters. The van der Waals surface area contributed by atoms with Gasteiger partial charge in [-0.3, -0.25) is 9.67 Å². The zero-order valence-electron chi connectivity index (χ0n) is 11.4. The van der Waals surface area contributed by atoms with Gasteiger partial charge in [0.1, 0.15) is 4.90 Å². The van der Waals surface area contributed by atoms with Crippen LogP contribution in [0.5, 0.6) is 0 Å². The van der Waals surface area contributed by atoms with Gasteiger partial charge in [0.05, 0.1) is 0 Å². The van der Waals surface area contributed by atoms with Crippen LogP contribution in [0.15, 0.2) is 29.6 Å². The first-order valence-electron chi connectivity index (χ1n) is 6.16. The maximum Gasteiger partial charge on any atom is 0.246 e. The Kier molecular flexibility index (Phi) is 4.05. The summed E-state index contributed by atoms with van der Waals surface area (Å²) >= 11 is 0. The molecule has 0 radical (unpaired) electrons. The molecule has 0 aliphatic carbocycles. The molecule has 2 rings (SSSR count). The zero-order chi connectivity index (χ0) is 14.8. The molecule has 0 fully saturated rings. The normalized spacial score (nSPS) is 11.7. The molecule has 0 amide bonds. The standard InChI is InChI=1S/C12H17N5O2S/c1-3-17-8-11(12(13)16-17)20(18,19)15-7-10-4-5-14-6-9(10)2/h4-6,8,15H,3,7H2,1-2H3,(H2,13,16). The Morgan fingerprint density at radius 3 is 2.80 bits per heavy atom. The van der Waals surface area contributed by atoms with E-state index >= 15 is 0 Å². The van der Waals surface area contributed by atoms with Gasteiger partial charge in [0.2, 0.25) is 10.0 Å². The quantitative estimate of drug-likeness (QED) is 0.843. The number of pyridine rings is 1. The number of rotatable bonds is 5. The lowest BCUT2D eigenvalue weighted by molar-refractivity contribution is 0.581. The van der Waals surface area contributed by atoms with Crippen LogP contribution in [0.3, 0.4) is 0 Å². The minimum absolute atomic E-state index is 0.00537. The van der Waals surface area contributed by atoms with Gasteiger partial charge in [0, 0.05) is 31.7 Å². The Bertz CT molecular complexity index is 708. The third-order valence-corrected chi connectivity index (χ3v) is 4.38. The molecular weight excluding hydrogens is 278 g/mol. The lowest BCUT2D eigenvalue weighted by Gasteiger charge is -2.07. The maximum absolute atomic E-state index is 12.2. The molecule has 0 saturated carbocycles. The minimum atomic E-state index is -3.67. The summed E-state index contributed by atoms with van der Waals surface area (Å²) in [5.74, 6) is 0.00537. The molecule has 2 heterocycles. The van der Waals surface area contributed by atoms with E-state index in [-0.39, 0.29) is 17.3 Å². The van der Waals surface area contributed by atoms with E-state index in [1.807, 2.05) is 13.8 Å². The molecule has 108 valence electrons. The van der Waals surface area contributed by atoms with E-state index in [4.69, 9.17) is 5.73 Å². The van der Waals surface area contributed by atoms with E-state index in [1.54, 1.807) is 18.5 Å². The number of anilines is 1. The molecule has 0 bridgehead atoms. The highest BCUT2D eigenvalue weighted by Crippen LogP contribution is 2.16. The van der Waals surface area contributed by atoms with Crippen LogP contribution in [0.2, 0.25) is 0 Å². The van der Waals surface area contributed by atoms with Crippen molar-refractivity contribution in [1.29, 1.82) is 0 Å². The van der Waals surface area contributed by atoms with Crippen LogP contribution in [-0.4, -0.2) is 23.2 Å². The van der Waals surface area contributed by atoms with E-state index in [9.17, 15) is 8.42 Å². The number of nitrogens with zero attached hydrogens (tertiary/aromatic N) is 3. The summed E-state index contributed by atoms with van der Waals surface area (Å²) in [6.07, 6.45) is 4.74. The van der Waals surface area contributed by atoms with Crippen molar-refractivity contribution in [3.05, 3.63) is 35.8 Å². The van der Waals surface area contributed by atoms with E-state index in [0.29, 0.717) is 6.54 Å². The molecule has 2 aromatic heterocycles. The molecule has 2 aromatic rings. The summed E-state index contributed by atoms with van der Waals surface area (Å²) in [7, 11) is -3.67. The van der Waals surface area contributed by atoms with Crippen LogP contribution < -0.4 is 10.5 Å². The largest absolute Gasteiger partial charge is 0.381 e. The summed E-state index contributed by atoms with van der Waals surface area (Å²) in [5.41, 5.74) is 7.43. The van der Waals surface area contributed by atoms with E-state index < -0.39 is 10.0 Å². The number of nitrogens with one attached hydrogen (secondary N) is 1. The van der Waals surface area contributed by atoms with Crippen LogP contribution in [0.4, 0.5) is 5.82 Å². The van der Waals surface area contributed by atoms with Gasteiger partial charge in [-0.1, -0.05) is 0 Å². The number of aryl methyl sites for hydroxylation is 2. The highest BCUT2D eigenvalue weighted by Gasteiger charge is 2.20. The number of nitrogen functional groups attached to an aromatic ring is 1. The Balaban J connectivity index is 2.19. The van der Waals surface area contributed by atoms with Crippen LogP contribution >= 0.6 is 0 Å². The van der Waals surface area contributed by atoms with Crippen LogP contribution in [0, 0.1) is 6.92 Å². The van der Waals surface area contributed by atoms with Crippen molar-refractivity contribution in [3.8, 4) is 0 Å². The van der Waals surface area contributed by atoms with Crippen molar-refractivity contribution < 1.29 is 8.42 Å². The van der Waals surface area contributed by atoms with E-state index in [0.717, 1.165) is 11.1 Å². The van der Waals surface area contributed by atoms with Gasteiger partial charge >= 0.3 is 0 Å². The van der Waals surface area contributed by atoms with Crippen LogP contribution in [0.1, 0.15) is 18.1 Å². The van der Waals surface area contributed by atoms with E-state index in [2.05, 4.69) is 14.8 Å². The molecule has 0 saturated heterocycles. The van der Waals surface area contributed by atoms with Gasteiger partial charge in [-0.25, -0.2) is 13.1 Å². The molecule has 20 heavy (non-hydrogen) atoms. The van der Waals surface area contributed by atoms with E-state index in [1.165, 1.54) is 10.9 Å². The first-order chi connectivity index (χ1) is 9.44. The van der Waals surface area contributed by atoms with Crippen molar-refractivity contribution >= 4 is 15.8 Å². The third-order valence-electron chi connectivity index (χ3n) is 2.96. The fraction of sp³-hybridized carbons (Fsp3) is 0.333. The summed E-state index contributed by atoms with van der Waals surface area (Å²) in [6.45, 7) is 4.48. The number of hydrogen-bond donors (Lipinski definition) is 2. The molecular formula is C12H17N5O2S. The van der Waals surface area contributed by atoms with Gasteiger partial charge < -0.3 is 5.73 Å². The number of sulfonamides is 1. The molecule has 0 aromatic carbocycles. The molecule has 0 spiro atoms. The Hall–Kier alpha value is -1.93. The Morgan fingerprint density at radius 1 is 1.45 bits per heavy atom. The highest BCUT2D eigenvalue weighted by atomic mass is 32.2. The second-order valence-electron chi connectivity index (χ2n) is 4.36. The van der Waals surface area contributed by atoms with Gasteiger partial charge in [0.15, 0.2) is 5.82 Å². The molecule has 0 aliphatic heterocycles. The lowest BCUT2D eigenvalue weighted by Crippen LogP contribution is -2.24. The van der Waals surface area contributed by atoms with Crippen molar-refractivity contribution in [2.45, 2.75) is 31.8 Å². The van der Waals surface area contributed by atoms with Gasteiger partial charge in [-0.2, -0.15) is 5.10 Å². The second kappa shape index (κ2) is 5.59. The summed E-state index contributed by atoms with van der Waals surface area (Å²) in [4.78, 5) is 3.97.